The Morgan fingerprint density at radius 3 is 2.55 bits per heavy atom. The average Bonchev–Trinajstić information content (AvgIpc) is 3.26. The molecule has 0 unspecified atom stereocenters. The topological polar surface area (TPSA) is 94.6 Å². The molecule has 154 valence electrons. The molecule has 0 amide bonds. The zero-order valence-corrected chi connectivity index (χ0v) is 17.7. The minimum Gasteiger partial charge on any atom is -0.454 e. The summed E-state index contributed by atoms with van der Waals surface area (Å²) in [4.78, 5) is 12.5. The van der Waals surface area contributed by atoms with Crippen LogP contribution in [-0.2, 0) is 27.9 Å². The first kappa shape index (κ1) is 21.1. The fourth-order valence-electron chi connectivity index (χ4n) is 2.61. The van der Waals surface area contributed by atoms with E-state index < -0.39 is 16.0 Å². The second kappa shape index (κ2) is 8.40. The molecule has 29 heavy (non-hydrogen) atoms. The van der Waals surface area contributed by atoms with Crippen molar-refractivity contribution in [1.29, 1.82) is 0 Å². The molecule has 0 atom stereocenters. The van der Waals surface area contributed by atoms with Gasteiger partial charge in [0.1, 0.15) is 23.1 Å². The fraction of sp³-hybridized carbons (Fsp3) is 0.263. The molecule has 2 heterocycles. The molecular formula is C19H20ClN3O5S. The van der Waals surface area contributed by atoms with Gasteiger partial charge in [-0.2, -0.15) is 5.10 Å². The van der Waals surface area contributed by atoms with Crippen molar-refractivity contribution in [3.05, 3.63) is 70.2 Å². The second-order valence-corrected chi connectivity index (χ2v) is 8.92. The number of halogens is 1. The highest BCUT2D eigenvalue weighted by Crippen LogP contribution is 2.23. The van der Waals surface area contributed by atoms with Gasteiger partial charge in [-0.15, -0.1) is 0 Å². The highest BCUT2D eigenvalue weighted by Gasteiger charge is 2.24. The Kier molecular flexibility index (Phi) is 6.11. The van der Waals surface area contributed by atoms with Gasteiger partial charge in [-0.3, -0.25) is 0 Å². The molecular weight excluding hydrogens is 418 g/mol. The Morgan fingerprint density at radius 1 is 1.21 bits per heavy atom. The van der Waals surface area contributed by atoms with E-state index in [1.165, 1.54) is 30.9 Å². The number of carbonyl (C=O) groups excluding carboxylic acids is 1. The fourth-order valence-corrected chi connectivity index (χ4v) is 3.73. The van der Waals surface area contributed by atoms with Crippen molar-refractivity contribution < 1.29 is 22.4 Å². The first-order valence-corrected chi connectivity index (χ1v) is 10.5. The molecule has 0 aliphatic carbocycles. The highest BCUT2D eigenvalue weighted by molar-refractivity contribution is 7.88. The molecule has 0 saturated heterocycles. The molecule has 0 bridgehead atoms. The van der Waals surface area contributed by atoms with E-state index in [0.717, 1.165) is 9.87 Å². The van der Waals surface area contributed by atoms with Crippen LogP contribution < -0.4 is 0 Å². The quantitative estimate of drug-likeness (QED) is 0.527. The van der Waals surface area contributed by atoms with E-state index in [0.29, 0.717) is 12.2 Å². The molecule has 0 aliphatic rings. The lowest BCUT2D eigenvalue weighted by Gasteiger charge is -2.08. The Morgan fingerprint density at radius 2 is 1.90 bits per heavy atom. The average molecular weight is 438 g/mol. The van der Waals surface area contributed by atoms with Gasteiger partial charge >= 0.3 is 5.97 Å². The number of hydrogen-bond acceptors (Lipinski definition) is 6. The van der Waals surface area contributed by atoms with E-state index in [2.05, 4.69) is 5.10 Å². The van der Waals surface area contributed by atoms with E-state index >= 15 is 0 Å². The molecule has 3 aromatic rings. The maximum Gasteiger partial charge on any atom is 0.343 e. The molecule has 1 aromatic carbocycles. The molecule has 0 radical (unpaired) electrons. The molecule has 0 fully saturated rings. The standard InChI is InChI=1S/C19H20ClN3O5S/c1-13-17(18(20)23(21-13)11-14-7-5-4-6-8-14)19(24)27-12-15-9-10-16(28-15)29(25,26)22(2)3/h4-10H,11-12H2,1-3H3. The summed E-state index contributed by atoms with van der Waals surface area (Å²) < 4.78 is 37.2. The van der Waals surface area contributed by atoms with Gasteiger partial charge in [0.2, 0.25) is 5.09 Å². The number of ether oxygens (including phenoxy) is 1. The van der Waals surface area contributed by atoms with Gasteiger partial charge in [0.25, 0.3) is 10.0 Å². The number of carbonyl (C=O) groups is 1. The first-order chi connectivity index (χ1) is 13.7. The molecule has 0 saturated carbocycles. The number of sulfonamides is 1. The van der Waals surface area contributed by atoms with Gasteiger partial charge in [-0.1, -0.05) is 41.9 Å². The smallest absolute Gasteiger partial charge is 0.343 e. The minimum atomic E-state index is -3.69. The molecule has 8 nitrogen and oxygen atoms in total. The number of benzene rings is 1. The zero-order chi connectivity index (χ0) is 21.2. The van der Waals surface area contributed by atoms with Crippen LogP contribution in [-0.4, -0.2) is 42.6 Å². The van der Waals surface area contributed by atoms with Crippen molar-refractivity contribution in [3.63, 3.8) is 0 Å². The first-order valence-electron chi connectivity index (χ1n) is 8.65. The summed E-state index contributed by atoms with van der Waals surface area (Å²) in [5.41, 5.74) is 1.59. The lowest BCUT2D eigenvalue weighted by Crippen LogP contribution is -2.21. The number of nitrogens with zero attached hydrogens (tertiary/aromatic N) is 3. The van der Waals surface area contributed by atoms with E-state index in [1.54, 1.807) is 6.92 Å². The number of furan rings is 1. The zero-order valence-electron chi connectivity index (χ0n) is 16.1. The van der Waals surface area contributed by atoms with Crippen molar-refractivity contribution in [2.45, 2.75) is 25.2 Å². The van der Waals surface area contributed by atoms with Crippen LogP contribution in [0.5, 0.6) is 0 Å². The molecule has 3 rings (SSSR count). The number of aromatic nitrogens is 2. The van der Waals surface area contributed by atoms with Gasteiger partial charge < -0.3 is 9.15 Å². The van der Waals surface area contributed by atoms with Crippen LogP contribution >= 0.6 is 11.6 Å². The maximum atomic E-state index is 12.5. The summed E-state index contributed by atoms with van der Waals surface area (Å²) in [6, 6.07) is 12.3. The van der Waals surface area contributed by atoms with Crippen molar-refractivity contribution in [2.75, 3.05) is 14.1 Å². The third-order valence-corrected chi connectivity index (χ3v) is 6.24. The predicted octanol–water partition coefficient (Wildman–Crippen LogP) is 3.09. The lowest BCUT2D eigenvalue weighted by molar-refractivity contribution is 0.0440. The van der Waals surface area contributed by atoms with Crippen LogP contribution in [0.1, 0.15) is 27.4 Å². The molecule has 10 heteroatoms. The number of esters is 1. The Labute approximate surface area is 173 Å². The Hall–Kier alpha value is -2.62. The van der Waals surface area contributed by atoms with Gasteiger partial charge in [-0.25, -0.2) is 22.2 Å². The third kappa shape index (κ3) is 4.52. The number of aryl methyl sites for hydroxylation is 1. The molecule has 2 aromatic heterocycles. The van der Waals surface area contributed by atoms with E-state index in [1.807, 2.05) is 30.3 Å². The highest BCUT2D eigenvalue weighted by atomic mass is 35.5. The summed E-state index contributed by atoms with van der Waals surface area (Å²) in [5, 5.41) is 4.26. The summed E-state index contributed by atoms with van der Waals surface area (Å²) >= 11 is 6.35. The third-order valence-electron chi connectivity index (χ3n) is 4.16. The summed E-state index contributed by atoms with van der Waals surface area (Å²) in [5.74, 6) is -0.468. The van der Waals surface area contributed by atoms with E-state index in [4.69, 9.17) is 20.8 Å². The monoisotopic (exact) mass is 437 g/mol. The van der Waals surface area contributed by atoms with Gasteiger partial charge in [0, 0.05) is 14.1 Å². The van der Waals surface area contributed by atoms with E-state index in [-0.39, 0.29) is 28.2 Å². The van der Waals surface area contributed by atoms with Crippen LogP contribution in [0.3, 0.4) is 0 Å². The van der Waals surface area contributed by atoms with E-state index in [9.17, 15) is 13.2 Å². The van der Waals surface area contributed by atoms with Crippen molar-refractivity contribution in [1.82, 2.24) is 14.1 Å². The van der Waals surface area contributed by atoms with Crippen molar-refractivity contribution in [3.8, 4) is 0 Å². The normalized spacial score (nSPS) is 11.8. The number of hydrogen-bond donors (Lipinski definition) is 0. The van der Waals surface area contributed by atoms with Crippen LogP contribution in [0.2, 0.25) is 5.15 Å². The predicted molar refractivity (Wildman–Crippen MR) is 106 cm³/mol. The molecule has 0 spiro atoms. The van der Waals surface area contributed by atoms with Crippen LogP contribution in [0.15, 0.2) is 52.0 Å². The van der Waals surface area contributed by atoms with Crippen molar-refractivity contribution in [2.24, 2.45) is 0 Å². The van der Waals surface area contributed by atoms with Gasteiger partial charge in [-0.05, 0) is 24.6 Å². The van der Waals surface area contributed by atoms with Gasteiger partial charge in [0.05, 0.1) is 12.2 Å². The summed E-state index contributed by atoms with van der Waals surface area (Å²) in [6.07, 6.45) is 0. The Bertz CT molecular complexity index is 1120. The van der Waals surface area contributed by atoms with Crippen LogP contribution in [0.4, 0.5) is 0 Å². The van der Waals surface area contributed by atoms with Crippen LogP contribution in [0.25, 0.3) is 0 Å². The maximum absolute atomic E-state index is 12.5. The minimum absolute atomic E-state index is 0.162. The lowest BCUT2D eigenvalue weighted by atomic mass is 10.2. The Balaban J connectivity index is 1.71. The summed E-state index contributed by atoms with van der Waals surface area (Å²) in [7, 11) is -0.898. The van der Waals surface area contributed by atoms with Crippen molar-refractivity contribution >= 4 is 27.6 Å². The number of rotatable bonds is 7. The second-order valence-electron chi connectivity index (χ2n) is 6.48. The largest absolute Gasteiger partial charge is 0.454 e. The SMILES string of the molecule is Cc1nn(Cc2ccccc2)c(Cl)c1C(=O)OCc1ccc(S(=O)(=O)N(C)C)o1. The summed E-state index contributed by atoms with van der Waals surface area (Å²) in [6.45, 7) is 1.85. The molecule has 0 N–H and O–H groups in total. The van der Waals surface area contributed by atoms with Gasteiger partial charge in [0.15, 0.2) is 0 Å². The molecule has 0 aliphatic heterocycles. The van der Waals surface area contributed by atoms with Crippen LogP contribution in [0, 0.1) is 6.92 Å².